The fourth-order valence-corrected chi connectivity index (χ4v) is 4.24. The summed E-state index contributed by atoms with van der Waals surface area (Å²) >= 11 is 0. The molecule has 0 heterocycles. The Morgan fingerprint density at radius 3 is 1.32 bits per heavy atom. The van der Waals surface area contributed by atoms with Crippen LogP contribution in [0.1, 0.15) is 40.0 Å². The summed E-state index contributed by atoms with van der Waals surface area (Å²) in [5.41, 5.74) is 3.45. The van der Waals surface area contributed by atoms with Crippen molar-refractivity contribution in [2.24, 2.45) is 0 Å². The van der Waals surface area contributed by atoms with E-state index in [-0.39, 0.29) is 36.5 Å². The summed E-state index contributed by atoms with van der Waals surface area (Å²) in [6.45, 7) is 0. The summed E-state index contributed by atoms with van der Waals surface area (Å²) < 4.78 is 0. The molecular weight excluding hydrogens is 516 g/mol. The second-order valence-electron chi connectivity index (χ2n) is 9.51. The van der Waals surface area contributed by atoms with Gasteiger partial charge in [-0.15, -0.1) is 0 Å². The highest BCUT2D eigenvalue weighted by atomic mass is 16.2. The van der Waals surface area contributed by atoms with Gasteiger partial charge in [0.15, 0.2) is 0 Å². The molecule has 4 rings (SSSR count). The molecule has 0 saturated heterocycles. The molecule has 0 aromatic heterocycles. The van der Waals surface area contributed by atoms with E-state index in [1.54, 1.807) is 72.4 Å². The van der Waals surface area contributed by atoms with Crippen molar-refractivity contribution in [2.75, 3.05) is 34.5 Å². The van der Waals surface area contributed by atoms with Gasteiger partial charge in [0.25, 0.3) is 11.8 Å². The summed E-state index contributed by atoms with van der Waals surface area (Å²) in [4.78, 5) is 53.9. The van der Waals surface area contributed by atoms with E-state index in [9.17, 15) is 19.2 Å². The SMILES string of the molecule is CN(C(=O)c1cccc(NC(=O)CCCC(=O)Nc2cccc(C(=O)N(C)c3ccccc3)c2)c1)c1ccccc1. The Hall–Kier alpha value is -5.24. The lowest BCUT2D eigenvalue weighted by Crippen LogP contribution is -2.26. The predicted molar refractivity (Wildman–Crippen MR) is 162 cm³/mol. The van der Waals surface area contributed by atoms with Crippen molar-refractivity contribution in [2.45, 2.75) is 19.3 Å². The van der Waals surface area contributed by atoms with Crippen molar-refractivity contribution in [1.29, 1.82) is 0 Å². The van der Waals surface area contributed by atoms with Crippen LogP contribution in [0.25, 0.3) is 0 Å². The first-order chi connectivity index (χ1) is 19.8. The zero-order chi connectivity index (χ0) is 29.2. The van der Waals surface area contributed by atoms with Crippen LogP contribution in [0.15, 0.2) is 109 Å². The third kappa shape index (κ3) is 7.89. The number of anilines is 4. The predicted octanol–water partition coefficient (Wildman–Crippen LogP) is 5.99. The van der Waals surface area contributed by atoms with Gasteiger partial charge in [-0.1, -0.05) is 48.5 Å². The van der Waals surface area contributed by atoms with Crippen LogP contribution < -0.4 is 20.4 Å². The van der Waals surface area contributed by atoms with Crippen LogP contribution in [0.3, 0.4) is 0 Å². The summed E-state index contributed by atoms with van der Waals surface area (Å²) in [5, 5.41) is 5.60. The molecule has 0 aliphatic heterocycles. The lowest BCUT2D eigenvalue weighted by molar-refractivity contribution is -0.117. The van der Waals surface area contributed by atoms with Crippen molar-refractivity contribution in [3.05, 3.63) is 120 Å². The molecule has 4 aromatic carbocycles. The normalized spacial score (nSPS) is 10.4. The molecule has 41 heavy (non-hydrogen) atoms. The fourth-order valence-electron chi connectivity index (χ4n) is 4.24. The molecular formula is C33H32N4O4. The number of para-hydroxylation sites is 2. The molecule has 2 N–H and O–H groups in total. The van der Waals surface area contributed by atoms with Gasteiger partial charge in [0, 0.05) is 60.8 Å². The van der Waals surface area contributed by atoms with E-state index in [4.69, 9.17) is 0 Å². The number of nitrogens with zero attached hydrogens (tertiary/aromatic N) is 2. The van der Waals surface area contributed by atoms with E-state index in [0.29, 0.717) is 28.9 Å². The average Bonchev–Trinajstić information content (AvgIpc) is 3.00. The topological polar surface area (TPSA) is 98.8 Å². The Labute approximate surface area is 239 Å². The van der Waals surface area contributed by atoms with Crippen molar-refractivity contribution in [3.63, 3.8) is 0 Å². The second kappa shape index (κ2) is 13.7. The fraction of sp³-hybridized carbons (Fsp3) is 0.152. The van der Waals surface area contributed by atoms with Crippen LogP contribution in [0.5, 0.6) is 0 Å². The highest BCUT2D eigenvalue weighted by molar-refractivity contribution is 6.07. The Balaban J connectivity index is 1.25. The second-order valence-corrected chi connectivity index (χ2v) is 9.51. The number of hydrogen-bond acceptors (Lipinski definition) is 4. The Morgan fingerprint density at radius 1 is 0.537 bits per heavy atom. The highest BCUT2D eigenvalue weighted by Crippen LogP contribution is 2.19. The van der Waals surface area contributed by atoms with Gasteiger partial charge in [-0.25, -0.2) is 0 Å². The number of rotatable bonds is 10. The van der Waals surface area contributed by atoms with Gasteiger partial charge < -0.3 is 20.4 Å². The summed E-state index contributed by atoms with van der Waals surface area (Å²) in [7, 11) is 3.40. The Bertz CT molecular complexity index is 1410. The first-order valence-electron chi connectivity index (χ1n) is 13.3. The molecule has 0 spiro atoms. The molecule has 208 valence electrons. The maximum absolute atomic E-state index is 12.9. The molecule has 0 unspecified atom stereocenters. The molecule has 0 radical (unpaired) electrons. The third-order valence-corrected chi connectivity index (χ3v) is 6.49. The van der Waals surface area contributed by atoms with Crippen LogP contribution in [-0.4, -0.2) is 37.7 Å². The molecule has 0 aliphatic carbocycles. The molecule has 8 heteroatoms. The minimum atomic E-state index is -0.254. The number of benzene rings is 4. The Kier molecular flexibility index (Phi) is 9.62. The standard InChI is InChI=1S/C33H32N4O4/c1-36(28-16-5-3-6-17-28)32(40)24-12-9-14-26(22-24)34-30(38)20-11-21-31(39)35-27-15-10-13-25(23-27)33(41)37(2)29-18-7-4-8-19-29/h3-10,12-19,22-23H,11,20-21H2,1-2H3,(H,34,38)(H,35,39). The van der Waals surface area contributed by atoms with Crippen molar-refractivity contribution in [1.82, 2.24) is 0 Å². The van der Waals surface area contributed by atoms with E-state index in [2.05, 4.69) is 10.6 Å². The van der Waals surface area contributed by atoms with Gasteiger partial charge in [0.05, 0.1) is 0 Å². The van der Waals surface area contributed by atoms with Crippen LogP contribution in [0, 0.1) is 0 Å². The largest absolute Gasteiger partial charge is 0.326 e. The van der Waals surface area contributed by atoms with E-state index < -0.39 is 0 Å². The summed E-state index contributed by atoms with van der Waals surface area (Å²) in [6.07, 6.45) is 0.605. The number of amides is 4. The third-order valence-electron chi connectivity index (χ3n) is 6.49. The van der Waals surface area contributed by atoms with E-state index in [1.807, 2.05) is 60.7 Å². The maximum Gasteiger partial charge on any atom is 0.258 e. The van der Waals surface area contributed by atoms with E-state index in [1.165, 1.54) is 0 Å². The number of carbonyl (C=O) groups is 4. The summed E-state index contributed by atoms with van der Waals surface area (Å²) in [5.74, 6) is -0.895. The van der Waals surface area contributed by atoms with E-state index in [0.717, 1.165) is 11.4 Å². The average molecular weight is 549 g/mol. The van der Waals surface area contributed by atoms with Crippen LogP contribution >= 0.6 is 0 Å². The molecule has 4 amide bonds. The monoisotopic (exact) mass is 548 g/mol. The Morgan fingerprint density at radius 2 is 0.927 bits per heavy atom. The zero-order valence-corrected chi connectivity index (χ0v) is 23.0. The smallest absolute Gasteiger partial charge is 0.258 e. The zero-order valence-electron chi connectivity index (χ0n) is 23.0. The molecule has 0 aliphatic rings. The van der Waals surface area contributed by atoms with Crippen LogP contribution in [-0.2, 0) is 9.59 Å². The molecule has 0 fully saturated rings. The molecule has 0 saturated carbocycles. The lowest BCUT2D eigenvalue weighted by atomic mass is 10.1. The number of carbonyl (C=O) groups excluding carboxylic acids is 4. The van der Waals surface area contributed by atoms with E-state index >= 15 is 0 Å². The number of nitrogens with one attached hydrogen (secondary N) is 2. The maximum atomic E-state index is 12.9. The van der Waals surface area contributed by atoms with Crippen molar-refractivity contribution in [3.8, 4) is 0 Å². The van der Waals surface area contributed by atoms with Gasteiger partial charge in [-0.2, -0.15) is 0 Å². The first kappa shape index (κ1) is 28.8. The van der Waals surface area contributed by atoms with Crippen LogP contribution in [0.4, 0.5) is 22.7 Å². The minimum absolute atomic E-state index is 0.135. The lowest BCUT2D eigenvalue weighted by Gasteiger charge is -2.18. The molecule has 0 atom stereocenters. The molecule has 0 bridgehead atoms. The van der Waals surface area contributed by atoms with Crippen molar-refractivity contribution < 1.29 is 19.2 Å². The van der Waals surface area contributed by atoms with Gasteiger partial charge >= 0.3 is 0 Å². The van der Waals surface area contributed by atoms with Gasteiger partial charge in [-0.3, -0.25) is 19.2 Å². The summed E-state index contributed by atoms with van der Waals surface area (Å²) in [6, 6.07) is 32.1. The van der Waals surface area contributed by atoms with Gasteiger partial charge in [0.2, 0.25) is 11.8 Å². The number of hydrogen-bond donors (Lipinski definition) is 2. The van der Waals surface area contributed by atoms with Gasteiger partial charge in [0.1, 0.15) is 0 Å². The van der Waals surface area contributed by atoms with Gasteiger partial charge in [-0.05, 0) is 67.1 Å². The molecule has 4 aromatic rings. The molecule has 8 nitrogen and oxygen atoms in total. The minimum Gasteiger partial charge on any atom is -0.326 e. The quantitative estimate of drug-likeness (QED) is 0.254. The first-order valence-corrected chi connectivity index (χ1v) is 13.3. The van der Waals surface area contributed by atoms with Crippen molar-refractivity contribution >= 4 is 46.4 Å². The highest BCUT2D eigenvalue weighted by Gasteiger charge is 2.16. The van der Waals surface area contributed by atoms with Crippen LogP contribution in [0.2, 0.25) is 0 Å².